The van der Waals surface area contributed by atoms with Gasteiger partial charge in [0.2, 0.25) is 5.91 Å². The van der Waals surface area contributed by atoms with E-state index in [1.165, 1.54) is 96.3 Å². The van der Waals surface area contributed by atoms with Crippen molar-refractivity contribution >= 4 is 5.91 Å². The topological polar surface area (TPSA) is 69.6 Å². The molecule has 0 rings (SSSR count). The molecule has 2 unspecified atom stereocenters. The van der Waals surface area contributed by atoms with Crippen molar-refractivity contribution in [1.82, 2.24) is 5.32 Å². The molecule has 3 N–H and O–H groups in total. The average Bonchev–Trinajstić information content (AvgIpc) is 2.77. The highest BCUT2D eigenvalue weighted by Crippen LogP contribution is 2.14. The number of rotatable bonds is 24. The molecule has 0 saturated heterocycles. The summed E-state index contributed by atoms with van der Waals surface area (Å²) >= 11 is 0. The van der Waals surface area contributed by atoms with Crippen molar-refractivity contribution < 1.29 is 15.0 Å². The number of hydrogen-bond acceptors (Lipinski definition) is 3. The third kappa shape index (κ3) is 21.0. The molecule has 0 saturated carbocycles. The summed E-state index contributed by atoms with van der Waals surface area (Å²) in [6.07, 6.45) is 24.5. The molecule has 186 valence electrons. The third-order valence-electron chi connectivity index (χ3n) is 6.37. The van der Waals surface area contributed by atoms with E-state index in [0.717, 1.165) is 25.7 Å². The lowest BCUT2D eigenvalue weighted by Crippen LogP contribution is -2.45. The Hall–Kier alpha value is -0.610. The lowest BCUT2D eigenvalue weighted by molar-refractivity contribution is -0.123. The van der Waals surface area contributed by atoms with Crippen LogP contribution in [0.1, 0.15) is 149 Å². The second kappa shape index (κ2) is 24.0. The third-order valence-corrected chi connectivity index (χ3v) is 6.37. The SMILES string of the molecule is CCCCCCCCCCCCCCCCC(O)C(CO)NC(=O)CCCCCCC. The van der Waals surface area contributed by atoms with E-state index in [4.69, 9.17) is 0 Å². The monoisotopic (exact) mass is 441 g/mol. The minimum absolute atomic E-state index is 0.0458. The zero-order valence-corrected chi connectivity index (χ0v) is 21.0. The molecule has 0 aliphatic heterocycles. The van der Waals surface area contributed by atoms with Crippen LogP contribution >= 0.6 is 0 Å². The van der Waals surface area contributed by atoms with Crippen LogP contribution in [0.4, 0.5) is 0 Å². The molecule has 4 heteroatoms. The van der Waals surface area contributed by atoms with Gasteiger partial charge < -0.3 is 15.5 Å². The number of nitrogens with one attached hydrogen (secondary N) is 1. The Morgan fingerprint density at radius 2 is 1.03 bits per heavy atom. The minimum Gasteiger partial charge on any atom is -0.394 e. The van der Waals surface area contributed by atoms with Crippen LogP contribution in [0.25, 0.3) is 0 Å². The van der Waals surface area contributed by atoms with Gasteiger partial charge in [-0.3, -0.25) is 4.79 Å². The largest absolute Gasteiger partial charge is 0.394 e. The highest BCUT2D eigenvalue weighted by molar-refractivity contribution is 5.76. The average molecular weight is 442 g/mol. The Morgan fingerprint density at radius 1 is 0.645 bits per heavy atom. The van der Waals surface area contributed by atoms with Crippen molar-refractivity contribution in [1.29, 1.82) is 0 Å². The Kier molecular flexibility index (Phi) is 23.6. The van der Waals surface area contributed by atoms with E-state index in [9.17, 15) is 15.0 Å². The smallest absolute Gasteiger partial charge is 0.220 e. The summed E-state index contributed by atoms with van der Waals surface area (Å²) in [7, 11) is 0. The van der Waals surface area contributed by atoms with Gasteiger partial charge in [0.15, 0.2) is 0 Å². The molecule has 0 spiro atoms. The number of hydrogen-bond donors (Lipinski definition) is 3. The van der Waals surface area contributed by atoms with Crippen molar-refractivity contribution in [2.75, 3.05) is 6.61 Å². The molecule has 0 fully saturated rings. The number of amides is 1. The summed E-state index contributed by atoms with van der Waals surface area (Å²) in [5.41, 5.74) is 0. The first-order chi connectivity index (χ1) is 15.2. The van der Waals surface area contributed by atoms with Gasteiger partial charge in [-0.05, 0) is 12.8 Å². The number of aliphatic hydroxyl groups is 2. The van der Waals surface area contributed by atoms with E-state index in [1.807, 2.05) is 0 Å². The maximum absolute atomic E-state index is 12.0. The van der Waals surface area contributed by atoms with E-state index in [1.54, 1.807) is 0 Å². The predicted molar refractivity (Wildman–Crippen MR) is 133 cm³/mol. The van der Waals surface area contributed by atoms with E-state index < -0.39 is 12.1 Å². The molecule has 0 bridgehead atoms. The van der Waals surface area contributed by atoms with Crippen molar-refractivity contribution in [2.24, 2.45) is 0 Å². The van der Waals surface area contributed by atoms with Crippen LogP contribution in [0.2, 0.25) is 0 Å². The lowest BCUT2D eigenvalue weighted by atomic mass is 10.0. The number of carbonyl (C=O) groups is 1. The normalized spacial score (nSPS) is 13.3. The molecule has 2 atom stereocenters. The van der Waals surface area contributed by atoms with Crippen LogP contribution in [0.15, 0.2) is 0 Å². The van der Waals surface area contributed by atoms with Gasteiger partial charge in [-0.15, -0.1) is 0 Å². The molecule has 0 aromatic heterocycles. The van der Waals surface area contributed by atoms with Gasteiger partial charge in [0, 0.05) is 6.42 Å². The van der Waals surface area contributed by atoms with Crippen LogP contribution in [0.3, 0.4) is 0 Å². The van der Waals surface area contributed by atoms with Crippen molar-refractivity contribution in [3.63, 3.8) is 0 Å². The number of carbonyl (C=O) groups excluding carboxylic acids is 1. The minimum atomic E-state index is -0.647. The molecule has 0 aromatic carbocycles. The molecule has 0 aliphatic carbocycles. The first-order valence-corrected chi connectivity index (χ1v) is 13.7. The standard InChI is InChI=1S/C27H55NO3/c1-3-5-7-9-10-11-12-13-14-15-16-17-19-20-22-26(30)25(24-29)28-27(31)23-21-18-8-6-4-2/h25-26,29-30H,3-24H2,1-2H3,(H,28,31). The van der Waals surface area contributed by atoms with E-state index in [0.29, 0.717) is 12.8 Å². The highest BCUT2D eigenvalue weighted by atomic mass is 16.3. The van der Waals surface area contributed by atoms with Crippen LogP contribution in [-0.2, 0) is 4.79 Å². The van der Waals surface area contributed by atoms with Gasteiger partial charge in [-0.1, -0.05) is 129 Å². The second-order valence-electron chi connectivity index (χ2n) is 9.47. The maximum Gasteiger partial charge on any atom is 0.220 e. The number of aliphatic hydroxyl groups excluding tert-OH is 2. The van der Waals surface area contributed by atoms with Gasteiger partial charge in [0.1, 0.15) is 0 Å². The lowest BCUT2D eigenvalue weighted by Gasteiger charge is -2.22. The highest BCUT2D eigenvalue weighted by Gasteiger charge is 2.19. The molecule has 31 heavy (non-hydrogen) atoms. The van der Waals surface area contributed by atoms with Gasteiger partial charge >= 0.3 is 0 Å². The van der Waals surface area contributed by atoms with Crippen molar-refractivity contribution in [3.8, 4) is 0 Å². The molecule has 0 heterocycles. The summed E-state index contributed by atoms with van der Waals surface area (Å²) in [6.45, 7) is 4.25. The molecular formula is C27H55NO3. The molecule has 4 nitrogen and oxygen atoms in total. The molecule has 1 amide bonds. The summed E-state index contributed by atoms with van der Waals surface area (Å²) in [5.74, 6) is -0.0458. The summed E-state index contributed by atoms with van der Waals surface area (Å²) in [5, 5.41) is 22.7. The fourth-order valence-electron chi connectivity index (χ4n) is 4.18. The Labute approximate surface area is 194 Å². The predicted octanol–water partition coefficient (Wildman–Crippen LogP) is 7.06. The van der Waals surface area contributed by atoms with Gasteiger partial charge in [0.05, 0.1) is 18.8 Å². The second-order valence-corrected chi connectivity index (χ2v) is 9.47. The first kappa shape index (κ1) is 30.4. The summed E-state index contributed by atoms with van der Waals surface area (Å²) in [6, 6.07) is -0.523. The summed E-state index contributed by atoms with van der Waals surface area (Å²) < 4.78 is 0. The Bertz CT molecular complexity index is 375. The van der Waals surface area contributed by atoms with Gasteiger partial charge in [-0.25, -0.2) is 0 Å². The quantitative estimate of drug-likeness (QED) is 0.140. The van der Waals surface area contributed by atoms with Crippen molar-refractivity contribution in [2.45, 2.75) is 161 Å². The van der Waals surface area contributed by atoms with Crippen LogP contribution in [0.5, 0.6) is 0 Å². The number of unbranched alkanes of at least 4 members (excludes halogenated alkanes) is 17. The van der Waals surface area contributed by atoms with Crippen LogP contribution in [0, 0.1) is 0 Å². The molecular weight excluding hydrogens is 386 g/mol. The van der Waals surface area contributed by atoms with Crippen LogP contribution in [-0.4, -0.2) is 34.9 Å². The fourth-order valence-corrected chi connectivity index (χ4v) is 4.18. The Balaban J connectivity index is 3.54. The first-order valence-electron chi connectivity index (χ1n) is 13.7. The van der Waals surface area contributed by atoms with E-state index >= 15 is 0 Å². The molecule has 0 radical (unpaired) electrons. The molecule has 0 aliphatic rings. The van der Waals surface area contributed by atoms with Gasteiger partial charge in [0.25, 0.3) is 0 Å². The maximum atomic E-state index is 12.0. The zero-order chi connectivity index (χ0) is 23.0. The van der Waals surface area contributed by atoms with E-state index in [-0.39, 0.29) is 12.5 Å². The Morgan fingerprint density at radius 3 is 1.45 bits per heavy atom. The van der Waals surface area contributed by atoms with Crippen molar-refractivity contribution in [3.05, 3.63) is 0 Å². The fraction of sp³-hybridized carbons (Fsp3) is 0.963. The van der Waals surface area contributed by atoms with E-state index in [2.05, 4.69) is 19.2 Å². The summed E-state index contributed by atoms with van der Waals surface area (Å²) in [4.78, 5) is 12.0. The molecule has 0 aromatic rings. The zero-order valence-electron chi connectivity index (χ0n) is 21.0. The van der Waals surface area contributed by atoms with Gasteiger partial charge in [-0.2, -0.15) is 0 Å². The van der Waals surface area contributed by atoms with Crippen LogP contribution < -0.4 is 5.32 Å².